The van der Waals surface area contributed by atoms with Crippen molar-refractivity contribution in [2.45, 2.75) is 70.9 Å². The summed E-state index contributed by atoms with van der Waals surface area (Å²) in [4.78, 5) is 37.2. The van der Waals surface area contributed by atoms with E-state index in [9.17, 15) is 9.59 Å². The van der Waals surface area contributed by atoms with Gasteiger partial charge in [0, 0.05) is 36.5 Å². The first-order valence-electron chi connectivity index (χ1n) is 12.0. The van der Waals surface area contributed by atoms with Crippen LogP contribution in [0.5, 0.6) is 0 Å². The minimum atomic E-state index is -0.116. The molecule has 1 aromatic carbocycles. The molecule has 0 radical (unpaired) electrons. The summed E-state index contributed by atoms with van der Waals surface area (Å²) in [7, 11) is 0. The molecule has 170 valence electrons. The molecule has 8 heteroatoms. The average molecular weight is 462 g/mol. The molecule has 3 aromatic heterocycles. The van der Waals surface area contributed by atoms with Crippen LogP contribution in [0.15, 0.2) is 29.3 Å². The van der Waals surface area contributed by atoms with Gasteiger partial charge in [0.2, 0.25) is 5.91 Å². The molecule has 7 nitrogen and oxygen atoms in total. The zero-order valence-electron chi connectivity index (χ0n) is 18.6. The average Bonchev–Trinajstić information content (AvgIpc) is 3.27. The molecule has 0 spiro atoms. The Labute approximate surface area is 195 Å². The van der Waals surface area contributed by atoms with E-state index in [1.54, 1.807) is 22.2 Å². The Morgan fingerprint density at radius 2 is 1.97 bits per heavy atom. The quantitative estimate of drug-likeness (QED) is 0.487. The van der Waals surface area contributed by atoms with Crippen LogP contribution in [0.3, 0.4) is 0 Å². The van der Waals surface area contributed by atoms with Crippen LogP contribution in [0.2, 0.25) is 0 Å². The number of carbonyl (C=O) groups is 1. The number of aromatic nitrogens is 4. The molecule has 1 amide bonds. The third-order valence-corrected chi connectivity index (χ3v) is 8.11. The number of thiophene rings is 1. The van der Waals surface area contributed by atoms with Gasteiger partial charge in [-0.15, -0.1) is 11.3 Å². The molecule has 0 atom stereocenters. The normalized spacial score (nSPS) is 15.9. The minimum Gasteiger partial charge on any atom is -0.328 e. The predicted octanol–water partition coefficient (Wildman–Crippen LogP) is 4.44. The monoisotopic (exact) mass is 461 g/mol. The predicted molar refractivity (Wildman–Crippen MR) is 131 cm³/mol. The largest absolute Gasteiger partial charge is 0.328 e. The van der Waals surface area contributed by atoms with Gasteiger partial charge < -0.3 is 9.88 Å². The van der Waals surface area contributed by atoms with E-state index >= 15 is 0 Å². The van der Waals surface area contributed by atoms with Crippen molar-refractivity contribution in [3.63, 3.8) is 0 Å². The lowest BCUT2D eigenvalue weighted by molar-refractivity contribution is -0.116. The van der Waals surface area contributed by atoms with Crippen molar-refractivity contribution in [1.82, 2.24) is 19.1 Å². The zero-order chi connectivity index (χ0) is 22.4. The number of benzene rings is 1. The van der Waals surface area contributed by atoms with Gasteiger partial charge >= 0.3 is 0 Å². The van der Waals surface area contributed by atoms with Gasteiger partial charge in [-0.3, -0.25) is 14.2 Å². The third kappa shape index (κ3) is 3.76. The third-order valence-electron chi connectivity index (χ3n) is 6.91. The lowest BCUT2D eigenvalue weighted by Crippen LogP contribution is -2.24. The Kier molecular flexibility index (Phi) is 5.25. The van der Waals surface area contributed by atoms with E-state index in [0.717, 1.165) is 65.0 Å². The summed E-state index contributed by atoms with van der Waals surface area (Å²) in [6.45, 7) is 1.33. The number of fused-ring (bicyclic) bond motifs is 6. The van der Waals surface area contributed by atoms with Gasteiger partial charge in [0.25, 0.3) is 5.56 Å². The van der Waals surface area contributed by atoms with Crippen LogP contribution in [0.25, 0.3) is 21.3 Å². The second-order valence-corrected chi connectivity index (χ2v) is 10.2. The van der Waals surface area contributed by atoms with Gasteiger partial charge in [0.1, 0.15) is 10.7 Å². The Morgan fingerprint density at radius 3 is 2.91 bits per heavy atom. The lowest BCUT2D eigenvalue weighted by atomic mass is 9.97. The maximum atomic E-state index is 13.1. The van der Waals surface area contributed by atoms with Gasteiger partial charge in [-0.05, 0) is 62.3 Å². The molecule has 4 heterocycles. The number of hydrogen-bond donors (Lipinski definition) is 1. The zero-order valence-corrected chi connectivity index (χ0v) is 19.4. The molecule has 0 bridgehead atoms. The second-order valence-electron chi connectivity index (χ2n) is 9.13. The SMILES string of the molecule is O=C(CCn1cnc2sc3c(c2c1=O)CCCC3)Nc1ccc2c(c1)nc1n2CCCCC1. The van der Waals surface area contributed by atoms with Gasteiger partial charge in [0.15, 0.2) is 0 Å². The van der Waals surface area contributed by atoms with E-state index < -0.39 is 0 Å². The van der Waals surface area contributed by atoms with E-state index in [1.807, 2.05) is 12.1 Å². The highest BCUT2D eigenvalue weighted by atomic mass is 32.1. The Morgan fingerprint density at radius 1 is 1.09 bits per heavy atom. The van der Waals surface area contributed by atoms with Crippen LogP contribution >= 0.6 is 11.3 Å². The van der Waals surface area contributed by atoms with Crippen LogP contribution < -0.4 is 10.9 Å². The summed E-state index contributed by atoms with van der Waals surface area (Å²) < 4.78 is 3.89. The van der Waals surface area contributed by atoms with Crippen LogP contribution in [-0.4, -0.2) is 25.0 Å². The summed E-state index contributed by atoms with van der Waals surface area (Å²) >= 11 is 1.65. The van der Waals surface area contributed by atoms with Gasteiger partial charge in [-0.1, -0.05) is 6.42 Å². The van der Waals surface area contributed by atoms with Crippen molar-refractivity contribution in [2.75, 3.05) is 5.32 Å². The molecule has 0 unspecified atom stereocenters. The fourth-order valence-electron chi connectivity index (χ4n) is 5.21. The molecule has 0 saturated carbocycles. The molecule has 0 fully saturated rings. The molecule has 33 heavy (non-hydrogen) atoms. The number of hydrogen-bond acceptors (Lipinski definition) is 5. The molecular weight excluding hydrogens is 434 g/mol. The van der Waals surface area contributed by atoms with Gasteiger partial charge in [0.05, 0.1) is 22.7 Å². The van der Waals surface area contributed by atoms with E-state index in [2.05, 4.69) is 20.9 Å². The number of anilines is 1. The maximum absolute atomic E-state index is 13.1. The molecule has 0 saturated heterocycles. The van der Waals surface area contributed by atoms with Crippen molar-refractivity contribution in [1.29, 1.82) is 0 Å². The van der Waals surface area contributed by atoms with Crippen LogP contribution in [-0.2, 0) is 37.1 Å². The van der Waals surface area contributed by atoms with Gasteiger partial charge in [-0.2, -0.15) is 0 Å². The van der Waals surface area contributed by atoms with Crippen molar-refractivity contribution in [3.8, 4) is 0 Å². The summed E-state index contributed by atoms with van der Waals surface area (Å²) in [5, 5.41) is 3.74. The molecule has 2 aliphatic rings. The Bertz CT molecular complexity index is 1430. The maximum Gasteiger partial charge on any atom is 0.262 e. The number of carbonyl (C=O) groups excluding carboxylic acids is 1. The Hall–Kier alpha value is -3.00. The highest BCUT2D eigenvalue weighted by Crippen LogP contribution is 2.33. The van der Waals surface area contributed by atoms with Crippen molar-refractivity contribution < 1.29 is 4.79 Å². The fourth-order valence-corrected chi connectivity index (χ4v) is 6.43. The standard InChI is InChI=1S/C25H27N5O2S/c31-22(27-16-9-10-19-18(14-16)28-21-8-2-1-5-12-30(19)21)11-13-29-15-26-24-23(25(29)32)17-6-3-4-7-20(17)33-24/h9-10,14-15H,1-8,11-13H2,(H,27,31). The first-order chi connectivity index (χ1) is 16.2. The van der Waals surface area contributed by atoms with E-state index in [1.165, 1.54) is 36.1 Å². The highest BCUT2D eigenvalue weighted by molar-refractivity contribution is 7.18. The fraction of sp³-hybridized carbons (Fsp3) is 0.440. The van der Waals surface area contributed by atoms with Crippen LogP contribution in [0.4, 0.5) is 5.69 Å². The van der Waals surface area contributed by atoms with E-state index in [-0.39, 0.29) is 17.9 Å². The number of imidazole rings is 1. The van der Waals surface area contributed by atoms with E-state index in [4.69, 9.17) is 4.98 Å². The number of amides is 1. The van der Waals surface area contributed by atoms with Crippen LogP contribution in [0, 0.1) is 0 Å². The molecule has 1 aliphatic carbocycles. The molecule has 1 aliphatic heterocycles. The summed E-state index contributed by atoms with van der Waals surface area (Å²) in [6, 6.07) is 5.94. The first-order valence-corrected chi connectivity index (χ1v) is 12.8. The number of nitrogens with one attached hydrogen (secondary N) is 1. The van der Waals surface area contributed by atoms with Crippen molar-refractivity contribution in [3.05, 3.63) is 51.1 Å². The van der Waals surface area contributed by atoms with Crippen molar-refractivity contribution in [2.24, 2.45) is 0 Å². The van der Waals surface area contributed by atoms with Crippen molar-refractivity contribution >= 4 is 44.2 Å². The summed E-state index contributed by atoms with van der Waals surface area (Å²) in [6.07, 6.45) is 10.7. The number of aryl methyl sites for hydroxylation is 5. The molecule has 6 rings (SSSR count). The molecule has 4 aromatic rings. The Balaban J connectivity index is 1.17. The van der Waals surface area contributed by atoms with Crippen LogP contribution in [0.1, 0.15) is 54.8 Å². The topological polar surface area (TPSA) is 81.8 Å². The molecule has 1 N–H and O–H groups in total. The summed E-state index contributed by atoms with van der Waals surface area (Å²) in [5.41, 5.74) is 3.97. The molecular formula is C25H27N5O2S. The highest BCUT2D eigenvalue weighted by Gasteiger charge is 2.20. The summed E-state index contributed by atoms with van der Waals surface area (Å²) in [5.74, 6) is 1.03. The number of nitrogens with zero attached hydrogens (tertiary/aromatic N) is 4. The lowest BCUT2D eigenvalue weighted by Gasteiger charge is -2.10. The minimum absolute atomic E-state index is 0.0203. The van der Waals surface area contributed by atoms with E-state index in [0.29, 0.717) is 6.54 Å². The van der Waals surface area contributed by atoms with Gasteiger partial charge in [-0.25, -0.2) is 9.97 Å². The first kappa shape index (κ1) is 20.6. The number of rotatable bonds is 4. The second kappa shape index (κ2) is 8.41. The smallest absolute Gasteiger partial charge is 0.262 e.